The van der Waals surface area contributed by atoms with E-state index in [1.54, 1.807) is 0 Å². The van der Waals surface area contributed by atoms with Crippen LogP contribution in [0.3, 0.4) is 0 Å². The first-order valence-corrected chi connectivity index (χ1v) is 7.76. The van der Waals surface area contributed by atoms with Crippen LogP contribution in [-0.2, 0) is 0 Å². The van der Waals surface area contributed by atoms with Crippen molar-refractivity contribution >= 4 is 40.0 Å². The summed E-state index contributed by atoms with van der Waals surface area (Å²) in [4.78, 5) is 20.8. The monoisotopic (exact) mass is 286 g/mol. The van der Waals surface area contributed by atoms with Crippen molar-refractivity contribution in [2.45, 2.75) is 12.5 Å². The molecule has 1 atom stereocenters. The molecule has 5 nitrogen and oxygen atoms in total. The predicted octanol–water partition coefficient (Wildman–Crippen LogP) is 1.37. The number of nitrogen functional groups attached to an aromatic ring is 1. The van der Waals surface area contributed by atoms with Gasteiger partial charge in [-0.15, -0.1) is 0 Å². The van der Waals surface area contributed by atoms with Gasteiger partial charge in [0.15, 0.2) is 5.13 Å². The molecule has 1 aromatic rings. The van der Waals surface area contributed by atoms with E-state index in [4.69, 9.17) is 5.73 Å². The number of nitrogens with two attached hydrogens (primary N) is 1. The van der Waals surface area contributed by atoms with Gasteiger partial charge in [-0.2, -0.15) is 11.8 Å². The second kappa shape index (κ2) is 5.36. The van der Waals surface area contributed by atoms with E-state index in [2.05, 4.69) is 4.98 Å². The second-order valence-corrected chi connectivity index (χ2v) is 6.67. The fraction of sp³-hybridized carbons (Fsp3) is 0.636. The van der Waals surface area contributed by atoms with E-state index >= 15 is 0 Å². The van der Waals surface area contributed by atoms with E-state index in [0.29, 0.717) is 16.7 Å². The van der Waals surface area contributed by atoms with Gasteiger partial charge in [0.05, 0.1) is 0 Å². The summed E-state index contributed by atoms with van der Waals surface area (Å²) in [5.41, 5.74) is 5.84. The zero-order valence-corrected chi connectivity index (χ0v) is 12.5. The molecule has 0 bridgehead atoms. The molecule has 100 valence electrons. The summed E-state index contributed by atoms with van der Waals surface area (Å²) in [5, 5.41) is 0.769. The number of thioether (sulfide) groups is 1. The molecule has 1 saturated heterocycles. The molecule has 2 heterocycles. The second-order valence-electron chi connectivity index (χ2n) is 4.54. The molecule has 1 unspecified atom stereocenters. The molecule has 7 heteroatoms. The topological polar surface area (TPSA) is 62.5 Å². The lowest BCUT2D eigenvalue weighted by Crippen LogP contribution is -2.36. The molecule has 1 fully saturated rings. The maximum Gasteiger partial charge on any atom is 0.267 e. The van der Waals surface area contributed by atoms with Crippen LogP contribution in [0.4, 0.5) is 10.9 Å². The van der Waals surface area contributed by atoms with E-state index < -0.39 is 0 Å². The zero-order chi connectivity index (χ0) is 13.3. The Morgan fingerprint density at radius 3 is 2.67 bits per heavy atom. The third kappa shape index (κ3) is 2.56. The van der Waals surface area contributed by atoms with Crippen LogP contribution in [0.5, 0.6) is 0 Å². The molecular formula is C11H18N4OS2. The number of carbonyl (C=O) groups excluding carboxylic acids is 1. The quantitative estimate of drug-likeness (QED) is 0.909. The average Bonchev–Trinajstić information content (AvgIpc) is 2.95. The van der Waals surface area contributed by atoms with Gasteiger partial charge in [-0.3, -0.25) is 4.79 Å². The van der Waals surface area contributed by atoms with Crippen LogP contribution in [0, 0.1) is 0 Å². The lowest BCUT2D eigenvalue weighted by molar-refractivity contribution is 0.0753. The highest BCUT2D eigenvalue weighted by Gasteiger charge is 2.27. The smallest absolute Gasteiger partial charge is 0.267 e. The number of carbonyl (C=O) groups is 1. The molecule has 0 saturated carbocycles. The van der Waals surface area contributed by atoms with Crippen molar-refractivity contribution in [2.24, 2.45) is 0 Å². The Kier molecular flexibility index (Phi) is 4.01. The minimum Gasteiger partial charge on any atom is -0.382 e. The third-order valence-electron chi connectivity index (χ3n) is 2.99. The summed E-state index contributed by atoms with van der Waals surface area (Å²) in [6.45, 7) is 0. The van der Waals surface area contributed by atoms with Crippen LogP contribution < -0.4 is 10.6 Å². The van der Waals surface area contributed by atoms with Gasteiger partial charge >= 0.3 is 0 Å². The highest BCUT2D eigenvalue weighted by Crippen LogP contribution is 2.30. The van der Waals surface area contributed by atoms with E-state index in [1.807, 2.05) is 42.7 Å². The molecule has 2 N–H and O–H groups in total. The normalized spacial score (nSPS) is 18.9. The third-order valence-corrected chi connectivity index (χ3v) is 5.36. The van der Waals surface area contributed by atoms with E-state index in [0.717, 1.165) is 23.1 Å². The summed E-state index contributed by atoms with van der Waals surface area (Å²) in [7, 11) is 5.64. The lowest BCUT2D eigenvalue weighted by Gasteiger charge is -2.23. The fourth-order valence-corrected chi connectivity index (χ4v) is 3.98. The Hall–Kier alpha value is -0.950. The number of anilines is 2. The van der Waals surface area contributed by atoms with E-state index in [1.165, 1.54) is 11.3 Å². The van der Waals surface area contributed by atoms with Gasteiger partial charge in [-0.05, 0) is 12.2 Å². The number of thiazole rings is 1. The van der Waals surface area contributed by atoms with E-state index in [-0.39, 0.29) is 5.91 Å². The average molecular weight is 286 g/mol. The molecule has 0 spiro atoms. The molecule has 0 aromatic carbocycles. The summed E-state index contributed by atoms with van der Waals surface area (Å²) in [5.74, 6) is 2.47. The van der Waals surface area contributed by atoms with Crippen molar-refractivity contribution in [1.82, 2.24) is 9.88 Å². The first-order valence-electron chi connectivity index (χ1n) is 5.79. The van der Waals surface area contributed by atoms with Crippen molar-refractivity contribution < 1.29 is 4.79 Å². The molecule has 1 aliphatic heterocycles. The van der Waals surface area contributed by atoms with Gasteiger partial charge in [-0.25, -0.2) is 4.98 Å². The van der Waals surface area contributed by atoms with Gasteiger partial charge in [0.1, 0.15) is 10.7 Å². The van der Waals surface area contributed by atoms with Gasteiger partial charge < -0.3 is 15.5 Å². The minimum atomic E-state index is -0.00870. The Labute approximate surface area is 115 Å². The molecule has 1 aromatic heterocycles. The van der Waals surface area contributed by atoms with Crippen molar-refractivity contribution in [2.75, 3.05) is 43.3 Å². The summed E-state index contributed by atoms with van der Waals surface area (Å²) >= 11 is 3.25. The first kappa shape index (κ1) is 13.5. The summed E-state index contributed by atoms with van der Waals surface area (Å²) < 4.78 is 0. The number of aromatic nitrogens is 1. The SMILES string of the molecule is CN(C)c1nc(N)c(C(=O)N(C)C2CCSC2)s1. The summed E-state index contributed by atoms with van der Waals surface area (Å²) in [6, 6.07) is 0.326. The molecular weight excluding hydrogens is 268 g/mol. The number of hydrogen-bond donors (Lipinski definition) is 1. The van der Waals surface area contributed by atoms with Crippen LogP contribution in [0.25, 0.3) is 0 Å². The lowest BCUT2D eigenvalue weighted by atomic mass is 10.2. The Bertz CT molecular complexity index is 440. The van der Waals surface area contributed by atoms with Gasteiger partial charge in [0, 0.05) is 32.9 Å². The van der Waals surface area contributed by atoms with Crippen molar-refractivity contribution in [1.29, 1.82) is 0 Å². The Morgan fingerprint density at radius 2 is 2.17 bits per heavy atom. The zero-order valence-electron chi connectivity index (χ0n) is 10.8. The molecule has 1 amide bonds. The van der Waals surface area contributed by atoms with Crippen LogP contribution in [0.2, 0.25) is 0 Å². The van der Waals surface area contributed by atoms with Crippen LogP contribution >= 0.6 is 23.1 Å². The molecule has 2 rings (SSSR count). The van der Waals surface area contributed by atoms with Gasteiger partial charge in [0.2, 0.25) is 0 Å². The van der Waals surface area contributed by atoms with Crippen molar-refractivity contribution in [3.63, 3.8) is 0 Å². The standard InChI is InChI=1S/C11H18N4OS2/c1-14(2)11-13-9(12)8(18-11)10(16)15(3)7-4-5-17-6-7/h7H,4-6,12H2,1-3H3. The van der Waals surface area contributed by atoms with Crippen molar-refractivity contribution in [3.8, 4) is 0 Å². The minimum absolute atomic E-state index is 0.00870. The number of nitrogens with zero attached hydrogens (tertiary/aromatic N) is 3. The Balaban J connectivity index is 2.17. The fourth-order valence-electron chi connectivity index (χ4n) is 1.82. The highest BCUT2D eigenvalue weighted by atomic mass is 32.2. The molecule has 1 aliphatic rings. The number of hydrogen-bond acceptors (Lipinski definition) is 6. The maximum atomic E-state index is 12.4. The number of rotatable bonds is 3. The van der Waals surface area contributed by atoms with Crippen LogP contribution in [-0.4, -0.2) is 54.5 Å². The predicted molar refractivity (Wildman–Crippen MR) is 78.7 cm³/mol. The summed E-state index contributed by atoms with van der Waals surface area (Å²) in [6.07, 6.45) is 1.06. The largest absolute Gasteiger partial charge is 0.382 e. The molecule has 0 aliphatic carbocycles. The van der Waals surface area contributed by atoms with E-state index in [9.17, 15) is 4.79 Å². The first-order chi connectivity index (χ1) is 8.50. The van der Waals surface area contributed by atoms with Crippen molar-refractivity contribution in [3.05, 3.63) is 4.88 Å². The van der Waals surface area contributed by atoms with Gasteiger partial charge in [0.25, 0.3) is 5.91 Å². The number of amides is 1. The molecule has 18 heavy (non-hydrogen) atoms. The molecule has 0 radical (unpaired) electrons. The van der Waals surface area contributed by atoms with Crippen LogP contribution in [0.1, 0.15) is 16.1 Å². The highest BCUT2D eigenvalue weighted by molar-refractivity contribution is 7.99. The van der Waals surface area contributed by atoms with Gasteiger partial charge in [-0.1, -0.05) is 11.3 Å². The Morgan fingerprint density at radius 1 is 1.44 bits per heavy atom. The van der Waals surface area contributed by atoms with Crippen LogP contribution in [0.15, 0.2) is 0 Å². The maximum absolute atomic E-state index is 12.4.